The zero-order chi connectivity index (χ0) is 12.2. The minimum absolute atomic E-state index is 0. The molecule has 0 heterocycles. The van der Waals surface area contributed by atoms with E-state index in [1.54, 1.807) is 6.07 Å². The van der Waals surface area contributed by atoms with Gasteiger partial charge in [-0.15, -0.1) is 12.4 Å². The predicted molar refractivity (Wildman–Crippen MR) is 69.1 cm³/mol. The molecule has 18 heavy (non-hydrogen) atoms. The summed E-state index contributed by atoms with van der Waals surface area (Å²) in [5.74, 6) is 0. The lowest BCUT2D eigenvalue weighted by molar-refractivity contribution is -0.137. The van der Waals surface area contributed by atoms with E-state index in [1.165, 1.54) is 12.1 Å². The number of rotatable bonds is 4. The van der Waals surface area contributed by atoms with Crippen molar-refractivity contribution in [1.29, 1.82) is 0 Å². The Kier molecular flexibility index (Phi) is 9.07. The predicted octanol–water partition coefficient (Wildman–Crippen LogP) is 2.84. The monoisotopic (exact) mass is 285 g/mol. The molecule has 0 aliphatic carbocycles. The molecule has 6 heteroatoms. The van der Waals surface area contributed by atoms with Crippen LogP contribution in [-0.4, -0.2) is 18.1 Å². The second kappa shape index (κ2) is 8.34. The minimum atomic E-state index is -4.25. The number of nitrogens with one attached hydrogen (secondary N) is 1. The van der Waals surface area contributed by atoms with Crippen LogP contribution in [0.15, 0.2) is 24.3 Å². The van der Waals surface area contributed by atoms with Gasteiger partial charge in [0.25, 0.3) is 0 Å². The molecule has 0 aromatic heterocycles. The van der Waals surface area contributed by atoms with Crippen LogP contribution in [0.3, 0.4) is 0 Å². The Morgan fingerprint density at radius 2 is 1.89 bits per heavy atom. The van der Waals surface area contributed by atoms with Gasteiger partial charge in [0.15, 0.2) is 0 Å². The highest BCUT2D eigenvalue weighted by Crippen LogP contribution is 2.29. The Morgan fingerprint density at radius 1 is 1.28 bits per heavy atom. The van der Waals surface area contributed by atoms with E-state index in [1.807, 2.05) is 13.8 Å². The first-order chi connectivity index (χ1) is 7.43. The van der Waals surface area contributed by atoms with Gasteiger partial charge in [-0.25, -0.2) is 0 Å². The number of hydrogen-bond acceptors (Lipinski definition) is 1. The van der Waals surface area contributed by atoms with E-state index in [2.05, 4.69) is 5.32 Å². The smallest absolute Gasteiger partial charge is 0.412 e. The average Bonchev–Trinajstić information content (AvgIpc) is 2.17. The number of alkyl halides is 3. The molecule has 0 bridgehead atoms. The second-order valence-electron chi connectivity index (χ2n) is 3.86. The molecule has 1 aromatic carbocycles. The Labute approximate surface area is 111 Å². The van der Waals surface area contributed by atoms with E-state index >= 15 is 0 Å². The average molecular weight is 286 g/mol. The Hall–Kier alpha value is -0.780. The van der Waals surface area contributed by atoms with Crippen LogP contribution < -0.4 is 5.32 Å². The van der Waals surface area contributed by atoms with Gasteiger partial charge in [-0.05, 0) is 31.5 Å². The first-order valence-corrected chi connectivity index (χ1v) is 5.33. The third-order valence-electron chi connectivity index (χ3n) is 2.35. The number of halogens is 4. The number of likely N-dealkylation sites (N-methyl/N-ethyl adjacent to an activating group) is 1. The van der Waals surface area contributed by atoms with Gasteiger partial charge in [-0.3, -0.25) is 0 Å². The van der Waals surface area contributed by atoms with Gasteiger partial charge in [0, 0.05) is 6.04 Å². The summed E-state index contributed by atoms with van der Waals surface area (Å²) in [4.78, 5) is 0. The molecule has 0 spiro atoms. The summed E-state index contributed by atoms with van der Waals surface area (Å²) in [6, 6.07) is 5.68. The van der Waals surface area contributed by atoms with Gasteiger partial charge >= 0.3 is 6.18 Å². The van der Waals surface area contributed by atoms with Crippen molar-refractivity contribution in [1.82, 2.24) is 5.32 Å². The fraction of sp³-hybridized carbons (Fsp3) is 0.500. The van der Waals surface area contributed by atoms with Crippen molar-refractivity contribution in [3.8, 4) is 0 Å². The quantitative estimate of drug-likeness (QED) is 0.908. The van der Waals surface area contributed by atoms with Crippen LogP contribution in [-0.2, 0) is 12.6 Å². The lowest BCUT2D eigenvalue weighted by Gasteiger charge is -2.13. The molecule has 0 radical (unpaired) electrons. The van der Waals surface area contributed by atoms with Gasteiger partial charge in [0.2, 0.25) is 0 Å². The third-order valence-corrected chi connectivity index (χ3v) is 2.35. The zero-order valence-corrected chi connectivity index (χ0v) is 11.2. The molecule has 0 saturated carbocycles. The Bertz CT molecular complexity index is 344. The van der Waals surface area contributed by atoms with Gasteiger partial charge in [-0.2, -0.15) is 13.2 Å². The standard InChI is InChI=1S/C12H16F3N.ClH.H2O/c1-3-16-9(2)7-10-5-4-6-11(8-10)12(13,14)15;;/h4-6,8-9,16H,3,7H2,1-2H3;1H;1H2. The Morgan fingerprint density at radius 3 is 2.39 bits per heavy atom. The highest BCUT2D eigenvalue weighted by Gasteiger charge is 2.30. The molecule has 0 aliphatic rings. The maximum atomic E-state index is 12.4. The molecule has 3 N–H and O–H groups in total. The molecule has 0 saturated heterocycles. The van der Waals surface area contributed by atoms with Crippen molar-refractivity contribution in [2.24, 2.45) is 0 Å². The third kappa shape index (κ3) is 6.23. The van der Waals surface area contributed by atoms with E-state index < -0.39 is 11.7 Å². The molecule has 2 nitrogen and oxygen atoms in total. The van der Waals surface area contributed by atoms with E-state index in [4.69, 9.17) is 0 Å². The molecule has 1 atom stereocenters. The van der Waals surface area contributed by atoms with Crippen LogP contribution in [0.4, 0.5) is 13.2 Å². The van der Waals surface area contributed by atoms with Gasteiger partial charge < -0.3 is 10.8 Å². The van der Waals surface area contributed by atoms with E-state index in [-0.39, 0.29) is 23.9 Å². The molecular weight excluding hydrogens is 267 g/mol. The molecule has 0 amide bonds. The number of benzene rings is 1. The maximum absolute atomic E-state index is 12.4. The molecule has 0 fully saturated rings. The highest BCUT2D eigenvalue weighted by molar-refractivity contribution is 5.85. The minimum Gasteiger partial charge on any atom is -0.412 e. The van der Waals surface area contributed by atoms with E-state index in [0.29, 0.717) is 12.0 Å². The SMILES string of the molecule is CCNC(C)Cc1cccc(C(F)(F)F)c1.Cl.O. The second-order valence-corrected chi connectivity index (χ2v) is 3.86. The van der Waals surface area contributed by atoms with Gasteiger partial charge in [0.05, 0.1) is 5.56 Å². The normalized spacial score (nSPS) is 12.3. The summed E-state index contributed by atoms with van der Waals surface area (Å²) >= 11 is 0. The fourth-order valence-corrected chi connectivity index (χ4v) is 1.65. The van der Waals surface area contributed by atoms with Crippen LogP contribution in [0.2, 0.25) is 0 Å². The summed E-state index contributed by atoms with van der Waals surface area (Å²) < 4.78 is 37.3. The highest BCUT2D eigenvalue weighted by atomic mass is 35.5. The summed E-state index contributed by atoms with van der Waals surface area (Å²) in [6.07, 6.45) is -3.64. The van der Waals surface area contributed by atoms with Crippen molar-refractivity contribution in [2.75, 3.05) is 6.54 Å². The molecule has 0 aliphatic heterocycles. The molecule has 1 aromatic rings. The first kappa shape index (κ1) is 19.6. The van der Waals surface area contributed by atoms with Gasteiger partial charge in [-0.1, -0.05) is 25.1 Å². The van der Waals surface area contributed by atoms with Crippen molar-refractivity contribution in [2.45, 2.75) is 32.5 Å². The fourth-order valence-electron chi connectivity index (χ4n) is 1.65. The van der Waals surface area contributed by atoms with Crippen molar-refractivity contribution < 1.29 is 18.6 Å². The molecule has 1 rings (SSSR count). The molecule has 106 valence electrons. The maximum Gasteiger partial charge on any atom is 0.416 e. The largest absolute Gasteiger partial charge is 0.416 e. The molecular formula is C12H19ClF3NO. The first-order valence-electron chi connectivity index (χ1n) is 5.33. The summed E-state index contributed by atoms with van der Waals surface area (Å²) in [7, 11) is 0. The summed E-state index contributed by atoms with van der Waals surface area (Å²) in [6.45, 7) is 4.76. The number of hydrogen-bond donors (Lipinski definition) is 1. The van der Waals surface area contributed by atoms with Crippen molar-refractivity contribution in [3.05, 3.63) is 35.4 Å². The van der Waals surface area contributed by atoms with Crippen LogP contribution in [0.25, 0.3) is 0 Å². The van der Waals surface area contributed by atoms with Crippen molar-refractivity contribution >= 4 is 12.4 Å². The zero-order valence-electron chi connectivity index (χ0n) is 10.3. The summed E-state index contributed by atoms with van der Waals surface area (Å²) in [5, 5.41) is 3.17. The lowest BCUT2D eigenvalue weighted by atomic mass is 10.0. The lowest BCUT2D eigenvalue weighted by Crippen LogP contribution is -2.27. The van der Waals surface area contributed by atoms with Crippen LogP contribution in [0, 0.1) is 0 Å². The van der Waals surface area contributed by atoms with Crippen LogP contribution >= 0.6 is 12.4 Å². The topological polar surface area (TPSA) is 43.5 Å². The van der Waals surface area contributed by atoms with E-state index in [0.717, 1.165) is 12.6 Å². The molecule has 1 unspecified atom stereocenters. The van der Waals surface area contributed by atoms with Crippen LogP contribution in [0.5, 0.6) is 0 Å². The van der Waals surface area contributed by atoms with Crippen molar-refractivity contribution in [3.63, 3.8) is 0 Å². The van der Waals surface area contributed by atoms with E-state index in [9.17, 15) is 13.2 Å². The Balaban J connectivity index is 0. The van der Waals surface area contributed by atoms with Crippen LogP contribution in [0.1, 0.15) is 25.0 Å². The summed E-state index contributed by atoms with van der Waals surface area (Å²) in [5.41, 5.74) is 0.136. The van der Waals surface area contributed by atoms with Gasteiger partial charge in [0.1, 0.15) is 0 Å².